The van der Waals surface area contributed by atoms with Crippen LogP contribution in [-0.2, 0) is 7.05 Å². The predicted octanol–water partition coefficient (Wildman–Crippen LogP) is 3.49. The van der Waals surface area contributed by atoms with Gasteiger partial charge in [0.2, 0.25) is 0 Å². The second-order valence-electron chi connectivity index (χ2n) is 5.21. The predicted molar refractivity (Wildman–Crippen MR) is 85.2 cm³/mol. The summed E-state index contributed by atoms with van der Waals surface area (Å²) in [4.78, 5) is 14.3. The molecule has 1 saturated heterocycles. The molecule has 2 aromatic rings. The highest BCUT2D eigenvalue weighted by Crippen LogP contribution is 2.32. The third-order valence-electron chi connectivity index (χ3n) is 3.73. The molecule has 116 valence electrons. The van der Waals surface area contributed by atoms with Crippen molar-refractivity contribution in [3.63, 3.8) is 0 Å². The molecule has 1 fully saturated rings. The molecule has 1 unspecified atom stereocenters. The molecule has 0 spiro atoms. The molecule has 1 aliphatic heterocycles. The highest BCUT2D eigenvalue weighted by Gasteiger charge is 2.33. The molecule has 1 aromatic heterocycles. The summed E-state index contributed by atoms with van der Waals surface area (Å²) in [6.07, 6.45) is 3.44. The van der Waals surface area contributed by atoms with Crippen LogP contribution in [0.5, 0.6) is 0 Å². The van der Waals surface area contributed by atoms with E-state index in [1.807, 2.05) is 11.6 Å². The van der Waals surface area contributed by atoms with Crippen LogP contribution in [0.25, 0.3) is 0 Å². The third-order valence-corrected chi connectivity index (χ3v) is 4.28. The van der Waals surface area contributed by atoms with E-state index in [0.717, 1.165) is 18.7 Å². The molecule has 2 heterocycles. The topological polar surface area (TPSA) is 63.1 Å². The first-order valence-electron chi connectivity index (χ1n) is 6.93. The lowest BCUT2D eigenvalue weighted by Gasteiger charge is -2.24. The highest BCUT2D eigenvalue weighted by atomic mass is 35.5. The Morgan fingerprint density at radius 2 is 2.23 bits per heavy atom. The van der Waals surface area contributed by atoms with E-state index >= 15 is 0 Å². The standard InChI is InChI=1S/C14H15Cl2N5O/c1-20-8-17-19-13(20)12-3-2-6-21(12)14(22)18-11-5-4-9(15)7-10(11)16/h4-5,7-8,12H,2-3,6H2,1H3,(H,18,22). The first kappa shape index (κ1) is 15.1. The number of anilines is 1. The summed E-state index contributed by atoms with van der Waals surface area (Å²) in [6.45, 7) is 0.675. The zero-order chi connectivity index (χ0) is 15.7. The van der Waals surface area contributed by atoms with E-state index in [2.05, 4.69) is 15.5 Å². The molecule has 3 rings (SSSR count). The van der Waals surface area contributed by atoms with Crippen molar-refractivity contribution in [2.75, 3.05) is 11.9 Å². The number of nitrogens with one attached hydrogen (secondary N) is 1. The number of halogens is 2. The van der Waals surface area contributed by atoms with Crippen molar-refractivity contribution in [3.05, 3.63) is 40.4 Å². The maximum atomic E-state index is 12.5. The number of aryl methyl sites for hydroxylation is 1. The Bertz CT molecular complexity index is 702. The number of nitrogens with zero attached hydrogens (tertiary/aromatic N) is 4. The Kier molecular flexibility index (Phi) is 4.22. The van der Waals surface area contributed by atoms with Crippen molar-refractivity contribution in [2.45, 2.75) is 18.9 Å². The molecular formula is C14H15Cl2N5O. The quantitative estimate of drug-likeness (QED) is 0.910. The molecule has 8 heteroatoms. The SMILES string of the molecule is Cn1cnnc1C1CCCN1C(=O)Nc1ccc(Cl)cc1Cl. The summed E-state index contributed by atoms with van der Waals surface area (Å²) in [6, 6.07) is 4.71. The molecule has 2 amide bonds. The Labute approximate surface area is 138 Å². The number of urea groups is 1. The van der Waals surface area contributed by atoms with E-state index in [1.165, 1.54) is 0 Å². The van der Waals surface area contributed by atoms with Gasteiger partial charge in [-0.1, -0.05) is 23.2 Å². The van der Waals surface area contributed by atoms with Crippen LogP contribution in [0.2, 0.25) is 10.0 Å². The van der Waals surface area contributed by atoms with Gasteiger partial charge in [-0.15, -0.1) is 10.2 Å². The summed E-state index contributed by atoms with van der Waals surface area (Å²) < 4.78 is 1.84. The molecule has 1 aromatic carbocycles. The van der Waals surface area contributed by atoms with Crippen molar-refractivity contribution in [1.82, 2.24) is 19.7 Å². The second kappa shape index (κ2) is 6.14. The fourth-order valence-corrected chi connectivity index (χ4v) is 3.11. The number of amides is 2. The normalized spacial score (nSPS) is 17.8. The lowest BCUT2D eigenvalue weighted by molar-refractivity contribution is 0.204. The van der Waals surface area contributed by atoms with Gasteiger partial charge in [-0.05, 0) is 31.0 Å². The van der Waals surface area contributed by atoms with Crippen molar-refractivity contribution in [2.24, 2.45) is 7.05 Å². The molecule has 22 heavy (non-hydrogen) atoms. The maximum absolute atomic E-state index is 12.5. The van der Waals surface area contributed by atoms with Crippen LogP contribution in [0.4, 0.5) is 10.5 Å². The van der Waals surface area contributed by atoms with Gasteiger partial charge in [0.25, 0.3) is 0 Å². The van der Waals surface area contributed by atoms with Crippen LogP contribution in [0.15, 0.2) is 24.5 Å². The number of hydrogen-bond acceptors (Lipinski definition) is 3. The second-order valence-corrected chi connectivity index (χ2v) is 6.05. The van der Waals surface area contributed by atoms with E-state index in [0.29, 0.717) is 22.3 Å². The number of benzene rings is 1. The molecule has 1 atom stereocenters. The van der Waals surface area contributed by atoms with Crippen LogP contribution >= 0.6 is 23.2 Å². The number of carbonyl (C=O) groups is 1. The molecule has 0 saturated carbocycles. The van der Waals surface area contributed by atoms with Crippen LogP contribution in [-0.4, -0.2) is 32.2 Å². The Hall–Kier alpha value is -1.79. The monoisotopic (exact) mass is 339 g/mol. The van der Waals surface area contributed by atoms with Gasteiger partial charge >= 0.3 is 6.03 Å². The lowest BCUT2D eigenvalue weighted by atomic mass is 10.2. The number of rotatable bonds is 2. The van der Waals surface area contributed by atoms with Crippen LogP contribution in [0.1, 0.15) is 24.7 Å². The molecule has 6 nitrogen and oxygen atoms in total. The number of hydrogen-bond donors (Lipinski definition) is 1. The minimum Gasteiger partial charge on any atom is -0.319 e. The van der Waals surface area contributed by atoms with E-state index < -0.39 is 0 Å². The van der Waals surface area contributed by atoms with E-state index in [1.54, 1.807) is 29.4 Å². The van der Waals surface area contributed by atoms with Crippen LogP contribution in [0, 0.1) is 0 Å². The summed E-state index contributed by atoms with van der Waals surface area (Å²) in [5.41, 5.74) is 0.541. The first-order chi connectivity index (χ1) is 10.6. The molecule has 0 aliphatic carbocycles. The fourth-order valence-electron chi connectivity index (χ4n) is 2.65. The average molecular weight is 340 g/mol. The Balaban J connectivity index is 1.78. The molecular weight excluding hydrogens is 325 g/mol. The largest absolute Gasteiger partial charge is 0.322 e. The van der Waals surface area contributed by atoms with Gasteiger partial charge in [0, 0.05) is 18.6 Å². The minimum atomic E-state index is -0.199. The van der Waals surface area contributed by atoms with Gasteiger partial charge in [-0.3, -0.25) is 0 Å². The summed E-state index contributed by atoms with van der Waals surface area (Å²) >= 11 is 12.0. The van der Waals surface area contributed by atoms with E-state index in [-0.39, 0.29) is 12.1 Å². The van der Waals surface area contributed by atoms with Gasteiger partial charge < -0.3 is 14.8 Å². The van der Waals surface area contributed by atoms with Crippen LogP contribution in [0.3, 0.4) is 0 Å². The van der Waals surface area contributed by atoms with Crippen molar-refractivity contribution >= 4 is 34.9 Å². The lowest BCUT2D eigenvalue weighted by Crippen LogP contribution is -2.35. The van der Waals surface area contributed by atoms with Gasteiger partial charge in [0.15, 0.2) is 5.82 Å². The fraction of sp³-hybridized carbons (Fsp3) is 0.357. The molecule has 0 radical (unpaired) electrons. The summed E-state index contributed by atoms with van der Waals surface area (Å²) in [7, 11) is 1.87. The van der Waals surface area contributed by atoms with Crippen molar-refractivity contribution in [1.29, 1.82) is 0 Å². The highest BCUT2D eigenvalue weighted by molar-refractivity contribution is 6.36. The van der Waals surface area contributed by atoms with E-state index in [4.69, 9.17) is 23.2 Å². The third kappa shape index (κ3) is 2.89. The number of carbonyl (C=O) groups excluding carboxylic acids is 1. The average Bonchev–Trinajstić information content (AvgIpc) is 3.09. The molecule has 1 N–H and O–H groups in total. The van der Waals surface area contributed by atoms with Gasteiger partial charge in [0.05, 0.1) is 16.8 Å². The van der Waals surface area contributed by atoms with Gasteiger partial charge in [-0.2, -0.15) is 0 Å². The first-order valence-corrected chi connectivity index (χ1v) is 7.68. The van der Waals surface area contributed by atoms with Gasteiger partial charge in [-0.25, -0.2) is 4.79 Å². The zero-order valence-corrected chi connectivity index (χ0v) is 13.5. The van der Waals surface area contributed by atoms with Crippen LogP contribution < -0.4 is 5.32 Å². The Morgan fingerprint density at radius 1 is 1.41 bits per heavy atom. The maximum Gasteiger partial charge on any atom is 0.322 e. The van der Waals surface area contributed by atoms with E-state index in [9.17, 15) is 4.79 Å². The molecule has 0 bridgehead atoms. The minimum absolute atomic E-state index is 0.0708. The van der Waals surface area contributed by atoms with Gasteiger partial charge in [0.1, 0.15) is 6.33 Å². The number of aromatic nitrogens is 3. The van der Waals surface area contributed by atoms with Crippen molar-refractivity contribution < 1.29 is 4.79 Å². The number of likely N-dealkylation sites (tertiary alicyclic amines) is 1. The summed E-state index contributed by atoms with van der Waals surface area (Å²) in [5, 5.41) is 11.8. The van der Waals surface area contributed by atoms with Crippen molar-refractivity contribution in [3.8, 4) is 0 Å². The molecule has 1 aliphatic rings. The zero-order valence-electron chi connectivity index (χ0n) is 12.0. The smallest absolute Gasteiger partial charge is 0.319 e. The summed E-state index contributed by atoms with van der Waals surface area (Å²) in [5.74, 6) is 0.787. The Morgan fingerprint density at radius 3 is 2.91 bits per heavy atom.